The first kappa shape index (κ1) is 14.6. The summed E-state index contributed by atoms with van der Waals surface area (Å²) < 4.78 is 6.01. The number of amides is 1. The van der Waals surface area contributed by atoms with E-state index < -0.39 is 0 Å². The van der Waals surface area contributed by atoms with Gasteiger partial charge >= 0.3 is 0 Å². The molecule has 0 spiro atoms. The number of para-hydroxylation sites is 1. The Morgan fingerprint density at radius 3 is 2.91 bits per heavy atom. The number of thiazole rings is 1. The summed E-state index contributed by atoms with van der Waals surface area (Å²) in [6, 6.07) is 10.4. The molecule has 5 nitrogen and oxygen atoms in total. The second kappa shape index (κ2) is 5.82. The molecular formula is C15H12ClN3O2S. The molecular weight excluding hydrogens is 322 g/mol. The molecule has 0 atom stereocenters. The van der Waals surface area contributed by atoms with Crippen molar-refractivity contribution in [3.63, 3.8) is 0 Å². The number of rotatable bonds is 3. The highest BCUT2D eigenvalue weighted by Crippen LogP contribution is 2.33. The van der Waals surface area contributed by atoms with E-state index in [-0.39, 0.29) is 5.91 Å². The Hall–Kier alpha value is -2.31. The molecule has 0 aliphatic carbocycles. The van der Waals surface area contributed by atoms with Crippen LogP contribution >= 0.6 is 22.9 Å². The van der Waals surface area contributed by atoms with Crippen LogP contribution in [0, 0.1) is 0 Å². The summed E-state index contributed by atoms with van der Waals surface area (Å²) in [6.07, 6.45) is 0. The number of nitrogens with zero attached hydrogens (tertiary/aromatic N) is 1. The summed E-state index contributed by atoms with van der Waals surface area (Å²) in [7, 11) is 1.52. The number of hydrogen-bond acceptors (Lipinski definition) is 5. The van der Waals surface area contributed by atoms with Gasteiger partial charge in [-0.2, -0.15) is 0 Å². The number of nitrogens with one attached hydrogen (secondary N) is 1. The van der Waals surface area contributed by atoms with Crippen molar-refractivity contribution in [3.05, 3.63) is 47.0 Å². The first-order valence-corrected chi connectivity index (χ1v) is 7.58. The summed E-state index contributed by atoms with van der Waals surface area (Å²) in [5.74, 6) is 0.236. The number of ether oxygens (including phenoxy) is 1. The van der Waals surface area contributed by atoms with Gasteiger partial charge in [-0.3, -0.25) is 4.79 Å². The van der Waals surface area contributed by atoms with Crippen molar-refractivity contribution in [2.75, 3.05) is 18.2 Å². The zero-order chi connectivity index (χ0) is 15.7. The summed E-state index contributed by atoms with van der Waals surface area (Å²) >= 11 is 7.49. The van der Waals surface area contributed by atoms with Crippen molar-refractivity contribution in [1.82, 2.24) is 4.98 Å². The highest BCUT2D eigenvalue weighted by Gasteiger charge is 2.14. The number of carbonyl (C=O) groups excluding carboxylic acids is 1. The number of nitrogen functional groups attached to an aromatic ring is 1. The number of fused-ring (bicyclic) bond motifs is 1. The fourth-order valence-electron chi connectivity index (χ4n) is 2.11. The molecule has 0 unspecified atom stereocenters. The van der Waals surface area contributed by atoms with Crippen LogP contribution in [0.25, 0.3) is 10.2 Å². The summed E-state index contributed by atoms with van der Waals surface area (Å²) in [5, 5.41) is 3.69. The molecule has 0 saturated heterocycles. The van der Waals surface area contributed by atoms with Crippen LogP contribution in [0.1, 0.15) is 10.4 Å². The Morgan fingerprint density at radius 1 is 1.36 bits per heavy atom. The van der Waals surface area contributed by atoms with Gasteiger partial charge in [0.15, 0.2) is 5.13 Å². The van der Waals surface area contributed by atoms with Crippen molar-refractivity contribution < 1.29 is 9.53 Å². The van der Waals surface area contributed by atoms with Gasteiger partial charge in [0.2, 0.25) is 0 Å². The van der Waals surface area contributed by atoms with Gasteiger partial charge in [0.05, 0.1) is 22.4 Å². The summed E-state index contributed by atoms with van der Waals surface area (Å²) in [5.41, 5.74) is 7.35. The normalized spacial score (nSPS) is 10.6. The predicted molar refractivity (Wildman–Crippen MR) is 90.0 cm³/mol. The van der Waals surface area contributed by atoms with Gasteiger partial charge < -0.3 is 15.8 Å². The van der Waals surface area contributed by atoms with Gasteiger partial charge in [-0.05, 0) is 24.3 Å². The standard InChI is InChI=1S/C15H12ClN3O2S/c1-21-11-5-3-2-4-9(11)14(20)18-8-6-10(16)13-12(7-8)22-15(17)19-13/h2-7H,1H3,(H2,17,19)(H,18,20). The molecule has 112 valence electrons. The predicted octanol–water partition coefficient (Wildman–Crippen LogP) is 3.79. The lowest BCUT2D eigenvalue weighted by Gasteiger charge is -2.09. The van der Waals surface area contributed by atoms with E-state index in [1.165, 1.54) is 18.4 Å². The number of anilines is 2. The van der Waals surface area contributed by atoms with Crippen LogP contribution in [-0.2, 0) is 0 Å². The molecule has 0 saturated carbocycles. The number of halogens is 1. The van der Waals surface area contributed by atoms with Gasteiger partial charge in [0.1, 0.15) is 11.3 Å². The average molecular weight is 334 g/mol. The van der Waals surface area contributed by atoms with Gasteiger partial charge in [-0.1, -0.05) is 35.1 Å². The van der Waals surface area contributed by atoms with Gasteiger partial charge in [-0.25, -0.2) is 4.98 Å². The lowest BCUT2D eigenvalue weighted by Crippen LogP contribution is -2.13. The number of methoxy groups -OCH3 is 1. The monoisotopic (exact) mass is 333 g/mol. The zero-order valence-electron chi connectivity index (χ0n) is 11.6. The third kappa shape index (κ3) is 2.70. The van der Waals surface area contributed by atoms with Gasteiger partial charge in [0, 0.05) is 5.69 Å². The smallest absolute Gasteiger partial charge is 0.259 e. The average Bonchev–Trinajstić information content (AvgIpc) is 2.88. The van der Waals surface area contributed by atoms with Crippen LogP contribution in [0.2, 0.25) is 5.02 Å². The molecule has 3 aromatic rings. The SMILES string of the molecule is COc1ccccc1C(=O)Nc1cc(Cl)c2nc(N)sc2c1. The molecule has 0 aliphatic rings. The van der Waals surface area contributed by atoms with Crippen LogP contribution in [0.5, 0.6) is 5.75 Å². The highest BCUT2D eigenvalue weighted by atomic mass is 35.5. The van der Waals surface area contributed by atoms with Crippen LogP contribution in [0.15, 0.2) is 36.4 Å². The minimum absolute atomic E-state index is 0.273. The van der Waals surface area contributed by atoms with Crippen molar-refractivity contribution in [2.24, 2.45) is 0 Å². The van der Waals surface area contributed by atoms with Crippen molar-refractivity contribution in [1.29, 1.82) is 0 Å². The van der Waals surface area contributed by atoms with Crippen LogP contribution in [0.4, 0.5) is 10.8 Å². The van der Waals surface area contributed by atoms with E-state index in [0.29, 0.717) is 32.7 Å². The number of hydrogen-bond donors (Lipinski definition) is 2. The fraction of sp³-hybridized carbons (Fsp3) is 0.0667. The Kier molecular flexibility index (Phi) is 3.87. The molecule has 2 aromatic carbocycles. The molecule has 0 bridgehead atoms. The molecule has 22 heavy (non-hydrogen) atoms. The first-order valence-electron chi connectivity index (χ1n) is 6.38. The maximum absolute atomic E-state index is 12.4. The molecule has 1 amide bonds. The van der Waals surface area contributed by atoms with Crippen LogP contribution in [0.3, 0.4) is 0 Å². The number of carbonyl (C=O) groups is 1. The molecule has 1 heterocycles. The van der Waals surface area contributed by atoms with Crippen LogP contribution < -0.4 is 15.8 Å². The van der Waals surface area contributed by atoms with E-state index in [0.717, 1.165) is 4.70 Å². The van der Waals surface area contributed by atoms with E-state index in [2.05, 4.69) is 10.3 Å². The van der Waals surface area contributed by atoms with E-state index >= 15 is 0 Å². The highest BCUT2D eigenvalue weighted by molar-refractivity contribution is 7.22. The van der Waals surface area contributed by atoms with E-state index in [4.69, 9.17) is 22.1 Å². The lowest BCUT2D eigenvalue weighted by atomic mass is 10.2. The summed E-state index contributed by atoms with van der Waals surface area (Å²) in [6.45, 7) is 0. The Bertz CT molecular complexity index is 863. The topological polar surface area (TPSA) is 77.2 Å². The second-order valence-corrected chi connectivity index (χ2v) is 5.98. The fourth-order valence-corrected chi connectivity index (χ4v) is 3.23. The largest absolute Gasteiger partial charge is 0.496 e. The van der Waals surface area contributed by atoms with Crippen molar-refractivity contribution in [3.8, 4) is 5.75 Å². The molecule has 0 fully saturated rings. The minimum atomic E-state index is -0.273. The third-order valence-corrected chi connectivity index (χ3v) is 4.19. The third-order valence-electron chi connectivity index (χ3n) is 3.07. The van der Waals surface area contributed by atoms with E-state index in [1.54, 1.807) is 36.4 Å². The van der Waals surface area contributed by atoms with E-state index in [1.807, 2.05) is 0 Å². The number of nitrogens with two attached hydrogens (primary N) is 1. The molecule has 1 aromatic heterocycles. The number of benzene rings is 2. The maximum atomic E-state index is 12.4. The van der Waals surface area contributed by atoms with Crippen LogP contribution in [-0.4, -0.2) is 18.0 Å². The summed E-state index contributed by atoms with van der Waals surface area (Å²) in [4.78, 5) is 16.5. The quantitative estimate of drug-likeness (QED) is 0.764. The molecule has 3 N–H and O–H groups in total. The number of aromatic nitrogens is 1. The molecule has 3 rings (SSSR count). The Labute approximate surface area is 135 Å². The minimum Gasteiger partial charge on any atom is -0.496 e. The molecule has 0 radical (unpaired) electrons. The second-order valence-electron chi connectivity index (χ2n) is 4.51. The van der Waals surface area contributed by atoms with Gasteiger partial charge in [0.25, 0.3) is 5.91 Å². The zero-order valence-corrected chi connectivity index (χ0v) is 13.2. The Morgan fingerprint density at radius 2 is 2.14 bits per heavy atom. The van der Waals surface area contributed by atoms with Crippen molar-refractivity contribution in [2.45, 2.75) is 0 Å². The maximum Gasteiger partial charge on any atom is 0.259 e. The lowest BCUT2D eigenvalue weighted by molar-refractivity contribution is 0.102. The first-order chi connectivity index (χ1) is 10.6. The molecule has 0 aliphatic heterocycles. The van der Waals surface area contributed by atoms with E-state index in [9.17, 15) is 4.79 Å². The van der Waals surface area contributed by atoms with Gasteiger partial charge in [-0.15, -0.1) is 0 Å². The van der Waals surface area contributed by atoms with Crippen molar-refractivity contribution >= 4 is 49.9 Å². The molecule has 7 heteroatoms. The Balaban J connectivity index is 1.94.